The van der Waals surface area contributed by atoms with Gasteiger partial charge in [-0.15, -0.1) is 0 Å². The van der Waals surface area contributed by atoms with Crippen LogP contribution in [0.4, 0.5) is 0 Å². The van der Waals surface area contributed by atoms with Gasteiger partial charge in [0, 0.05) is 17.1 Å². The topological polar surface area (TPSA) is 82.6 Å². The van der Waals surface area contributed by atoms with Gasteiger partial charge in [0.25, 0.3) is 0 Å². The smallest absolute Gasteiger partial charge is 0.361 e. The number of aromatic nitrogens is 1. The molecule has 1 heterocycles. The third-order valence-corrected chi connectivity index (χ3v) is 2.82. The number of fused-ring (bicyclic) bond motifs is 1. The summed E-state index contributed by atoms with van der Waals surface area (Å²) in [6, 6.07) is 7.75. The van der Waals surface area contributed by atoms with Crippen LogP contribution in [0.15, 0.2) is 30.5 Å². The fraction of sp³-hybridized carbons (Fsp3) is 0.200. The molecule has 0 aliphatic rings. The van der Waals surface area contributed by atoms with Crippen molar-refractivity contribution in [2.45, 2.75) is 6.42 Å². The Morgan fingerprint density at radius 2 is 2.06 bits per heavy atom. The summed E-state index contributed by atoms with van der Waals surface area (Å²) in [5, 5.41) is 1.05. The highest BCUT2D eigenvalue weighted by Gasteiger charge is 2.13. The van der Waals surface area contributed by atoms with Crippen molar-refractivity contribution in [2.24, 2.45) is 0 Å². The molecule has 0 atom stereocenters. The molecule has 86 valence electrons. The van der Waals surface area contributed by atoms with Crippen molar-refractivity contribution in [3.63, 3.8) is 0 Å². The van der Waals surface area contributed by atoms with E-state index in [0.29, 0.717) is 6.42 Å². The maximum atomic E-state index is 10.5. The monoisotopic (exact) mass is 241 g/mol. The fourth-order valence-corrected chi connectivity index (χ4v) is 1.94. The Bertz CT molecular complexity index is 530. The number of nitrogens with one attached hydrogen (secondary N) is 1. The fourth-order valence-electron chi connectivity index (χ4n) is 1.61. The number of phosphoric acid groups is 1. The lowest BCUT2D eigenvalue weighted by atomic mass is 10.1. The number of para-hydroxylation sites is 1. The number of aromatic amines is 1. The van der Waals surface area contributed by atoms with Crippen molar-refractivity contribution in [1.29, 1.82) is 0 Å². The largest absolute Gasteiger partial charge is 0.469 e. The van der Waals surface area contributed by atoms with Gasteiger partial charge in [0.2, 0.25) is 0 Å². The van der Waals surface area contributed by atoms with Crippen molar-refractivity contribution in [3.8, 4) is 0 Å². The Morgan fingerprint density at radius 1 is 1.31 bits per heavy atom. The van der Waals surface area contributed by atoms with Crippen LogP contribution in [0.5, 0.6) is 0 Å². The van der Waals surface area contributed by atoms with Crippen LogP contribution >= 0.6 is 7.82 Å². The Kier molecular flexibility index (Phi) is 3.12. The van der Waals surface area contributed by atoms with Gasteiger partial charge >= 0.3 is 7.82 Å². The van der Waals surface area contributed by atoms with E-state index in [1.54, 1.807) is 0 Å². The molecule has 0 fully saturated rings. The van der Waals surface area contributed by atoms with Gasteiger partial charge in [-0.3, -0.25) is 4.52 Å². The van der Waals surface area contributed by atoms with E-state index in [0.717, 1.165) is 16.5 Å². The molecule has 1 aromatic carbocycles. The molecule has 3 N–H and O–H groups in total. The first-order valence-electron chi connectivity index (χ1n) is 4.81. The summed E-state index contributed by atoms with van der Waals surface area (Å²) in [4.78, 5) is 20.2. The van der Waals surface area contributed by atoms with Crippen LogP contribution in [-0.2, 0) is 15.5 Å². The van der Waals surface area contributed by atoms with E-state index >= 15 is 0 Å². The van der Waals surface area contributed by atoms with E-state index in [1.807, 2.05) is 30.5 Å². The molecule has 2 rings (SSSR count). The number of benzene rings is 1. The van der Waals surface area contributed by atoms with Gasteiger partial charge in [-0.2, -0.15) is 0 Å². The maximum Gasteiger partial charge on any atom is 0.469 e. The van der Waals surface area contributed by atoms with Gasteiger partial charge in [-0.25, -0.2) is 4.57 Å². The molecule has 5 nitrogen and oxygen atoms in total. The van der Waals surface area contributed by atoms with Crippen LogP contribution in [0, 0.1) is 0 Å². The summed E-state index contributed by atoms with van der Waals surface area (Å²) >= 11 is 0. The zero-order valence-electron chi connectivity index (χ0n) is 8.46. The third kappa shape index (κ3) is 2.71. The summed E-state index contributed by atoms with van der Waals surface area (Å²) < 4.78 is 14.9. The lowest BCUT2D eigenvalue weighted by Crippen LogP contribution is -1.95. The Morgan fingerprint density at radius 3 is 2.81 bits per heavy atom. The molecule has 0 bridgehead atoms. The molecule has 0 amide bonds. The average molecular weight is 241 g/mol. The van der Waals surface area contributed by atoms with Crippen molar-refractivity contribution in [3.05, 3.63) is 36.0 Å². The van der Waals surface area contributed by atoms with Gasteiger partial charge in [-0.05, 0) is 18.1 Å². The summed E-state index contributed by atoms with van der Waals surface area (Å²) in [5.74, 6) is 0. The zero-order valence-corrected chi connectivity index (χ0v) is 9.35. The predicted octanol–water partition coefficient (Wildman–Crippen LogP) is 1.82. The number of hydrogen-bond acceptors (Lipinski definition) is 2. The minimum Gasteiger partial charge on any atom is -0.361 e. The number of phosphoric ester groups is 1. The van der Waals surface area contributed by atoms with Crippen molar-refractivity contribution >= 4 is 18.7 Å². The molecular weight excluding hydrogens is 229 g/mol. The standard InChI is InChI=1S/C10H12NO4P/c12-16(13,14)15-6-5-8-7-11-10-4-2-1-3-9(8)10/h1-4,7,11H,5-6H2,(H2,12,13,14). The highest BCUT2D eigenvalue weighted by molar-refractivity contribution is 7.46. The van der Waals surface area contributed by atoms with Gasteiger partial charge in [0.05, 0.1) is 6.61 Å². The Labute approximate surface area is 92.3 Å². The summed E-state index contributed by atoms with van der Waals surface area (Å²) in [5.41, 5.74) is 2.00. The first kappa shape index (κ1) is 11.4. The molecule has 0 spiro atoms. The Balaban J connectivity index is 2.08. The Hall–Kier alpha value is -1.13. The van der Waals surface area contributed by atoms with E-state index in [9.17, 15) is 4.57 Å². The van der Waals surface area contributed by atoms with Gasteiger partial charge in [0.1, 0.15) is 0 Å². The molecule has 1 aromatic heterocycles. The van der Waals surface area contributed by atoms with Crippen LogP contribution in [0.2, 0.25) is 0 Å². The minimum absolute atomic E-state index is 0.00608. The molecule has 16 heavy (non-hydrogen) atoms. The van der Waals surface area contributed by atoms with Gasteiger partial charge in [0.15, 0.2) is 0 Å². The third-order valence-electron chi connectivity index (χ3n) is 2.31. The van der Waals surface area contributed by atoms with Gasteiger partial charge < -0.3 is 14.8 Å². The second-order valence-electron chi connectivity index (χ2n) is 3.43. The highest BCUT2D eigenvalue weighted by Crippen LogP contribution is 2.35. The van der Waals surface area contributed by atoms with E-state index in [1.165, 1.54) is 0 Å². The minimum atomic E-state index is -4.35. The summed E-state index contributed by atoms with van der Waals surface area (Å²) in [6.07, 6.45) is 2.29. The van der Waals surface area contributed by atoms with E-state index in [2.05, 4.69) is 9.51 Å². The second-order valence-corrected chi connectivity index (χ2v) is 4.67. The quantitative estimate of drug-likeness (QED) is 0.713. The van der Waals surface area contributed by atoms with Crippen molar-refractivity contribution < 1.29 is 18.9 Å². The number of H-pyrrole nitrogens is 1. The molecule has 0 unspecified atom stereocenters. The maximum absolute atomic E-state index is 10.5. The predicted molar refractivity (Wildman–Crippen MR) is 60.0 cm³/mol. The average Bonchev–Trinajstić information content (AvgIpc) is 2.60. The van der Waals surface area contributed by atoms with Gasteiger partial charge in [-0.1, -0.05) is 18.2 Å². The zero-order chi connectivity index (χ0) is 11.6. The first-order chi connectivity index (χ1) is 7.56. The van der Waals surface area contributed by atoms with Crippen LogP contribution in [-0.4, -0.2) is 21.4 Å². The first-order valence-corrected chi connectivity index (χ1v) is 6.34. The molecular formula is C10H12NO4P. The normalized spacial score (nSPS) is 12.1. The summed E-state index contributed by atoms with van der Waals surface area (Å²) in [7, 11) is -4.35. The number of hydrogen-bond donors (Lipinski definition) is 3. The van der Waals surface area contributed by atoms with E-state index in [4.69, 9.17) is 9.79 Å². The lowest BCUT2D eigenvalue weighted by molar-refractivity contribution is 0.199. The molecule has 2 aromatic rings. The molecule has 0 aliphatic carbocycles. The molecule has 0 radical (unpaired) electrons. The van der Waals surface area contributed by atoms with Crippen LogP contribution in [0.1, 0.15) is 5.56 Å². The molecule has 0 saturated carbocycles. The number of rotatable bonds is 4. The summed E-state index contributed by atoms with van der Waals surface area (Å²) in [6.45, 7) is 0.00608. The van der Waals surface area contributed by atoms with E-state index < -0.39 is 7.82 Å². The van der Waals surface area contributed by atoms with Crippen LogP contribution in [0.25, 0.3) is 10.9 Å². The molecule has 0 aliphatic heterocycles. The SMILES string of the molecule is O=P(O)(O)OCCc1c[nH]c2ccccc12. The molecule has 6 heteroatoms. The molecule has 0 saturated heterocycles. The van der Waals surface area contributed by atoms with Crippen LogP contribution in [0.3, 0.4) is 0 Å². The van der Waals surface area contributed by atoms with Crippen molar-refractivity contribution in [1.82, 2.24) is 4.98 Å². The second kappa shape index (κ2) is 4.39. The highest BCUT2D eigenvalue weighted by atomic mass is 31.2. The lowest BCUT2D eigenvalue weighted by Gasteiger charge is -2.03. The van der Waals surface area contributed by atoms with Crippen molar-refractivity contribution in [2.75, 3.05) is 6.61 Å². The van der Waals surface area contributed by atoms with Crippen LogP contribution < -0.4 is 0 Å². The van der Waals surface area contributed by atoms with E-state index in [-0.39, 0.29) is 6.61 Å².